The molecule has 6 nitrogen and oxygen atoms in total. The molecule has 0 radical (unpaired) electrons. The molecule has 226 valence electrons. The lowest BCUT2D eigenvalue weighted by atomic mass is 9.44. The van der Waals surface area contributed by atoms with Crippen molar-refractivity contribution < 1.29 is 22.2 Å². The van der Waals surface area contributed by atoms with E-state index < -0.39 is 10.1 Å². The van der Waals surface area contributed by atoms with Gasteiger partial charge >= 0.3 is 0 Å². The van der Waals surface area contributed by atoms with Crippen molar-refractivity contribution in [3.05, 3.63) is 0 Å². The summed E-state index contributed by atoms with van der Waals surface area (Å²) >= 11 is 0. The van der Waals surface area contributed by atoms with Crippen molar-refractivity contribution >= 4 is 16.0 Å². The van der Waals surface area contributed by atoms with Crippen LogP contribution in [0.2, 0.25) is 0 Å². The lowest BCUT2D eigenvalue weighted by molar-refractivity contribution is -0.910. The number of quaternary nitrogens is 1. The summed E-state index contributed by atoms with van der Waals surface area (Å²) in [5.41, 5.74) is 1.06. The summed E-state index contributed by atoms with van der Waals surface area (Å²) in [6.45, 7) is 10.9. The minimum atomic E-state index is -3.98. The smallest absolute Gasteiger partial charge is 0.270 e. The van der Waals surface area contributed by atoms with Gasteiger partial charge in [-0.05, 0) is 111 Å². The molecule has 39 heavy (non-hydrogen) atoms. The monoisotopic (exact) mass is 567 g/mol. The Kier molecular flexibility index (Phi) is 9.55. The number of amides is 1. The average Bonchev–Trinajstić information content (AvgIpc) is 3.21. The van der Waals surface area contributed by atoms with Crippen molar-refractivity contribution in [3.63, 3.8) is 0 Å². The highest BCUT2D eigenvalue weighted by Crippen LogP contribution is 2.68. The molecule has 5 unspecified atom stereocenters. The Bertz CT molecular complexity index is 967. The van der Waals surface area contributed by atoms with Gasteiger partial charge in [-0.2, -0.15) is 8.42 Å². The molecule has 4 rings (SSSR count). The highest BCUT2D eigenvalue weighted by atomic mass is 32.2. The van der Waals surface area contributed by atoms with Gasteiger partial charge < -0.3 is 9.80 Å². The summed E-state index contributed by atoms with van der Waals surface area (Å²) in [6, 6.07) is -0.205. The Morgan fingerprint density at radius 2 is 1.69 bits per heavy atom. The van der Waals surface area contributed by atoms with Crippen LogP contribution in [0.4, 0.5) is 0 Å². The van der Waals surface area contributed by atoms with Gasteiger partial charge in [-0.3, -0.25) is 9.35 Å². The van der Waals surface area contributed by atoms with Crippen LogP contribution in [0.15, 0.2) is 0 Å². The molecular weight excluding hydrogens is 508 g/mol. The molecule has 0 heterocycles. The second-order valence-electron chi connectivity index (χ2n) is 15.5. The molecule has 2 N–H and O–H groups in total. The molecule has 4 fully saturated rings. The fourth-order valence-electron chi connectivity index (χ4n) is 10.4. The molecule has 4 aliphatic rings. The third-order valence-electron chi connectivity index (χ3n) is 13.0. The van der Waals surface area contributed by atoms with E-state index >= 15 is 0 Å². The number of hydrogen-bond donors (Lipinski definition) is 2. The van der Waals surface area contributed by atoms with Crippen LogP contribution in [0, 0.1) is 46.3 Å². The molecule has 4 aliphatic carbocycles. The zero-order valence-corrected chi connectivity index (χ0v) is 26.7. The minimum Gasteiger partial charge on any atom is -0.356 e. The summed E-state index contributed by atoms with van der Waals surface area (Å²) in [4.78, 5) is 12.7. The SMILES string of the molecule is CC(CS(=O)(=O)O)[N+](C)(C)CCCNC(=O)CC[C@@H](C)[C@H]1CCC2C3CCC4CCCC[C@]4(C)C3CC[C@@]21C. The number of nitrogens with one attached hydrogen (secondary N) is 1. The zero-order valence-electron chi connectivity index (χ0n) is 25.9. The van der Waals surface area contributed by atoms with Gasteiger partial charge in [0.25, 0.3) is 10.1 Å². The van der Waals surface area contributed by atoms with Gasteiger partial charge in [0.05, 0.1) is 20.6 Å². The standard InChI is InChI=1S/C32H58N2O4S/c1-23(11-16-30(35)33-20-9-21-34(5,6)24(2)22-39(36,37)38)27-14-15-28-26-13-12-25-10-7-8-18-31(25,3)29(26)17-19-32(27,28)4/h23-29H,7-22H2,1-6H3,(H-,33,35,36,37,38)/p+1/t23-,24?,25?,26?,27-,28?,29?,31+,32-/m1/s1. The Hall–Kier alpha value is -0.660. The number of fused-ring (bicyclic) bond motifs is 5. The molecule has 0 saturated heterocycles. The molecular formula is C32H59N2O4S+. The van der Waals surface area contributed by atoms with Crippen LogP contribution in [0.1, 0.15) is 111 Å². The summed E-state index contributed by atoms with van der Waals surface area (Å²) in [7, 11) is -0.0330. The first-order valence-electron chi connectivity index (χ1n) is 16.2. The van der Waals surface area contributed by atoms with E-state index in [1.165, 1.54) is 64.2 Å². The van der Waals surface area contributed by atoms with Crippen LogP contribution in [0.5, 0.6) is 0 Å². The molecule has 0 aromatic carbocycles. The summed E-state index contributed by atoms with van der Waals surface area (Å²) < 4.78 is 32.1. The highest BCUT2D eigenvalue weighted by molar-refractivity contribution is 7.85. The fraction of sp³-hybridized carbons (Fsp3) is 0.969. The molecule has 0 aliphatic heterocycles. The summed E-state index contributed by atoms with van der Waals surface area (Å²) in [5, 5.41) is 3.11. The van der Waals surface area contributed by atoms with Gasteiger partial charge in [0, 0.05) is 19.4 Å². The molecule has 0 spiro atoms. The predicted octanol–water partition coefficient (Wildman–Crippen LogP) is 6.31. The first-order valence-corrected chi connectivity index (χ1v) is 17.8. The van der Waals surface area contributed by atoms with Crippen LogP contribution in [0.25, 0.3) is 0 Å². The summed E-state index contributed by atoms with van der Waals surface area (Å²) in [5.74, 6) is 4.99. The third-order valence-corrected chi connectivity index (χ3v) is 14.0. The van der Waals surface area contributed by atoms with Crippen molar-refractivity contribution in [3.8, 4) is 0 Å². The molecule has 9 atom stereocenters. The number of hydrogen-bond acceptors (Lipinski definition) is 3. The Morgan fingerprint density at radius 3 is 2.41 bits per heavy atom. The van der Waals surface area contributed by atoms with Crippen molar-refractivity contribution in [2.24, 2.45) is 46.3 Å². The van der Waals surface area contributed by atoms with Crippen molar-refractivity contribution in [2.75, 3.05) is 32.9 Å². The van der Waals surface area contributed by atoms with Crippen LogP contribution in [0.3, 0.4) is 0 Å². The van der Waals surface area contributed by atoms with E-state index in [1.54, 1.807) is 0 Å². The Balaban J connectivity index is 1.23. The van der Waals surface area contributed by atoms with E-state index in [1.807, 2.05) is 21.0 Å². The second-order valence-corrected chi connectivity index (χ2v) is 16.9. The maximum Gasteiger partial charge on any atom is 0.270 e. The van der Waals surface area contributed by atoms with Crippen LogP contribution in [-0.4, -0.2) is 62.3 Å². The quantitative estimate of drug-likeness (QED) is 0.174. The van der Waals surface area contributed by atoms with E-state index in [4.69, 9.17) is 4.55 Å². The Labute approximate surface area is 239 Å². The molecule has 4 saturated carbocycles. The van der Waals surface area contributed by atoms with Crippen molar-refractivity contribution in [2.45, 2.75) is 117 Å². The average molecular weight is 568 g/mol. The largest absolute Gasteiger partial charge is 0.356 e. The first kappa shape index (κ1) is 31.3. The molecule has 7 heteroatoms. The summed E-state index contributed by atoms with van der Waals surface area (Å²) in [6.07, 6.45) is 16.7. The van der Waals surface area contributed by atoms with Gasteiger partial charge in [0.15, 0.2) is 0 Å². The predicted molar refractivity (Wildman–Crippen MR) is 159 cm³/mol. The lowest BCUT2D eigenvalue weighted by Crippen LogP contribution is -2.53. The number of carbonyl (C=O) groups excluding carboxylic acids is 1. The van der Waals surface area contributed by atoms with Crippen LogP contribution >= 0.6 is 0 Å². The number of nitrogens with zero attached hydrogens (tertiary/aromatic N) is 1. The highest BCUT2D eigenvalue weighted by Gasteiger charge is 2.60. The van der Waals surface area contributed by atoms with Gasteiger partial charge in [-0.1, -0.05) is 33.6 Å². The van der Waals surface area contributed by atoms with Gasteiger partial charge in [-0.25, -0.2) is 0 Å². The molecule has 0 aromatic rings. The Morgan fingerprint density at radius 1 is 0.974 bits per heavy atom. The fourth-order valence-corrected chi connectivity index (χ4v) is 11.4. The van der Waals surface area contributed by atoms with E-state index in [0.29, 0.717) is 34.2 Å². The number of carbonyl (C=O) groups is 1. The normalized spacial score (nSPS) is 38.3. The number of rotatable bonds is 11. The van der Waals surface area contributed by atoms with Crippen molar-refractivity contribution in [1.82, 2.24) is 5.32 Å². The minimum absolute atomic E-state index is 0.144. The topological polar surface area (TPSA) is 83.5 Å². The van der Waals surface area contributed by atoms with Crippen LogP contribution in [-0.2, 0) is 14.9 Å². The van der Waals surface area contributed by atoms with Crippen molar-refractivity contribution in [1.29, 1.82) is 0 Å². The van der Waals surface area contributed by atoms with Gasteiger partial charge in [0.2, 0.25) is 5.91 Å². The van der Waals surface area contributed by atoms with E-state index in [-0.39, 0.29) is 17.7 Å². The van der Waals surface area contributed by atoms with Gasteiger partial charge in [-0.15, -0.1) is 0 Å². The second kappa shape index (κ2) is 11.9. The van der Waals surface area contributed by atoms with E-state index in [0.717, 1.165) is 49.0 Å². The zero-order chi connectivity index (χ0) is 28.6. The maximum absolute atomic E-state index is 12.7. The third kappa shape index (κ3) is 6.71. The molecule has 0 bridgehead atoms. The van der Waals surface area contributed by atoms with Gasteiger partial charge in [0.1, 0.15) is 11.8 Å². The van der Waals surface area contributed by atoms with Crippen LogP contribution < -0.4 is 5.32 Å². The van der Waals surface area contributed by atoms with E-state index in [2.05, 4.69) is 26.1 Å². The lowest BCUT2D eigenvalue weighted by Gasteiger charge is -2.61. The molecule has 1 amide bonds. The maximum atomic E-state index is 12.7. The van der Waals surface area contributed by atoms with E-state index in [9.17, 15) is 13.2 Å². The first-order chi connectivity index (χ1) is 18.2. The molecule has 0 aromatic heterocycles.